The maximum atomic E-state index is 10.0. The SMILES string of the molecule is CC.[CH-]=O.[CH2-]CC(=O)NC.[CH2-]c1cc[c-]cc1.[W].[Y]. The van der Waals surface area contributed by atoms with Crippen LogP contribution < -0.4 is 5.32 Å². The molecule has 1 N–H and O–H groups in total. The van der Waals surface area contributed by atoms with Crippen LogP contribution >= 0.6 is 0 Å². The summed E-state index contributed by atoms with van der Waals surface area (Å²) in [5, 5.41) is 2.41. The molecule has 0 aromatic heterocycles. The normalized spacial score (nSPS) is 6.11. The third kappa shape index (κ3) is 32.0. The number of amides is 1. The Hall–Kier alpha value is 0.0222. The Morgan fingerprint density at radius 2 is 1.68 bits per heavy atom. The van der Waals surface area contributed by atoms with Gasteiger partial charge in [-0.05, 0) is 0 Å². The van der Waals surface area contributed by atoms with E-state index in [9.17, 15) is 4.79 Å². The number of hydrogen-bond acceptors (Lipinski definition) is 2. The molecule has 0 fully saturated rings. The van der Waals surface area contributed by atoms with E-state index in [4.69, 9.17) is 4.79 Å². The van der Waals surface area contributed by atoms with Crippen LogP contribution in [0.2, 0.25) is 0 Å². The van der Waals surface area contributed by atoms with Crippen LogP contribution in [-0.2, 0) is 63.4 Å². The molecule has 1 aromatic rings. The van der Waals surface area contributed by atoms with Gasteiger partial charge in [0.1, 0.15) is 0 Å². The van der Waals surface area contributed by atoms with Gasteiger partial charge >= 0.3 is 0 Å². The Kier molecular flexibility index (Phi) is 50.9. The molecular formula is C14H21NO2WY-4. The van der Waals surface area contributed by atoms with E-state index in [0.29, 0.717) is 6.42 Å². The zero-order chi connectivity index (χ0) is 14.1. The minimum atomic E-state index is -0.0185. The Morgan fingerprint density at radius 3 is 1.79 bits per heavy atom. The summed E-state index contributed by atoms with van der Waals surface area (Å²) < 4.78 is 0. The van der Waals surface area contributed by atoms with Crippen molar-refractivity contribution in [1.29, 1.82) is 0 Å². The average Bonchev–Trinajstić information content (AvgIpc) is 2.44. The summed E-state index contributed by atoms with van der Waals surface area (Å²) in [5.74, 6) is -0.0185. The van der Waals surface area contributed by atoms with Gasteiger partial charge in [-0.1, -0.05) is 13.8 Å². The molecule has 0 saturated carbocycles. The van der Waals surface area contributed by atoms with E-state index >= 15 is 0 Å². The van der Waals surface area contributed by atoms with Crippen molar-refractivity contribution in [1.82, 2.24) is 5.32 Å². The fraction of sp³-hybridized carbons (Fsp3) is 0.286. The number of carbonyl (C=O) groups excluding carboxylic acids is 2. The van der Waals surface area contributed by atoms with E-state index in [1.807, 2.05) is 38.1 Å². The Balaban J connectivity index is -0.0000000507. The largest absolute Gasteiger partial charge is 0.545 e. The Labute approximate surface area is 157 Å². The van der Waals surface area contributed by atoms with Crippen molar-refractivity contribution < 1.29 is 63.4 Å². The summed E-state index contributed by atoms with van der Waals surface area (Å²) in [5.41, 5.74) is 1.04. The fourth-order valence-electron chi connectivity index (χ4n) is 0.546. The first-order valence-corrected chi connectivity index (χ1v) is 5.22. The van der Waals surface area contributed by atoms with Crippen LogP contribution in [-0.4, -0.2) is 19.7 Å². The van der Waals surface area contributed by atoms with Gasteiger partial charge < -0.3 is 17.0 Å². The molecule has 0 bridgehead atoms. The molecule has 1 radical (unpaired) electrons. The Bertz CT molecular complexity index is 253. The van der Waals surface area contributed by atoms with E-state index < -0.39 is 0 Å². The van der Waals surface area contributed by atoms with E-state index in [0.717, 1.165) is 5.56 Å². The van der Waals surface area contributed by atoms with Gasteiger partial charge in [-0.2, -0.15) is 42.8 Å². The van der Waals surface area contributed by atoms with Crippen LogP contribution in [0.1, 0.15) is 25.8 Å². The fourth-order valence-corrected chi connectivity index (χ4v) is 0.546. The number of benzene rings is 1. The molecule has 19 heavy (non-hydrogen) atoms. The molecular weight excluding hydrogens is 487 g/mol. The minimum absolute atomic E-state index is 0. The average molecular weight is 508 g/mol. The van der Waals surface area contributed by atoms with Crippen LogP contribution in [0, 0.1) is 19.9 Å². The van der Waals surface area contributed by atoms with Crippen LogP contribution in [0.4, 0.5) is 0 Å². The molecule has 3 nitrogen and oxygen atoms in total. The van der Waals surface area contributed by atoms with E-state index in [1.54, 1.807) is 7.05 Å². The molecule has 0 saturated heterocycles. The van der Waals surface area contributed by atoms with Gasteiger partial charge in [-0.25, -0.2) is 0 Å². The van der Waals surface area contributed by atoms with E-state index in [-0.39, 0.29) is 59.7 Å². The molecule has 0 atom stereocenters. The summed E-state index contributed by atoms with van der Waals surface area (Å²) in [6.07, 6.45) is 0.330. The van der Waals surface area contributed by atoms with Crippen molar-refractivity contribution in [2.24, 2.45) is 0 Å². The van der Waals surface area contributed by atoms with Gasteiger partial charge in [0.05, 0.1) is 0 Å². The Morgan fingerprint density at radius 1 is 1.32 bits per heavy atom. The summed E-state index contributed by atoms with van der Waals surface area (Å²) in [6.45, 7) is 14.3. The molecule has 1 rings (SSSR count). The predicted molar refractivity (Wildman–Crippen MR) is 71.9 cm³/mol. The number of hydrogen-bond donors (Lipinski definition) is 1. The molecule has 0 spiro atoms. The number of nitrogens with one attached hydrogen (secondary N) is 1. The summed E-state index contributed by atoms with van der Waals surface area (Å²) in [6, 6.07) is 10.4. The zero-order valence-electron chi connectivity index (χ0n) is 11.8. The molecule has 5 heteroatoms. The second kappa shape index (κ2) is 30.8. The van der Waals surface area contributed by atoms with Gasteiger partial charge in [0.2, 0.25) is 0 Å². The van der Waals surface area contributed by atoms with Crippen LogP contribution in [0.5, 0.6) is 0 Å². The third-order valence-corrected chi connectivity index (χ3v) is 1.29. The van der Waals surface area contributed by atoms with Crippen molar-refractivity contribution in [3.05, 3.63) is 49.7 Å². The van der Waals surface area contributed by atoms with Crippen molar-refractivity contribution >= 4 is 12.7 Å². The van der Waals surface area contributed by atoms with Crippen molar-refractivity contribution in [2.75, 3.05) is 7.05 Å². The topological polar surface area (TPSA) is 46.2 Å². The molecule has 1 aromatic carbocycles. The number of carbonyl (C=O) groups is 1. The van der Waals surface area contributed by atoms with Gasteiger partial charge in [0.15, 0.2) is 5.91 Å². The summed E-state index contributed by atoms with van der Waals surface area (Å²) >= 11 is 0. The second-order valence-corrected chi connectivity index (χ2v) is 2.33. The molecule has 0 aliphatic rings. The van der Waals surface area contributed by atoms with Gasteiger partial charge in [-0.3, -0.25) is 11.6 Å². The molecule has 0 heterocycles. The first kappa shape index (κ1) is 31.4. The van der Waals surface area contributed by atoms with Gasteiger partial charge in [-0.15, -0.1) is 6.42 Å². The third-order valence-electron chi connectivity index (χ3n) is 1.29. The molecule has 0 aliphatic carbocycles. The number of rotatable bonds is 1. The van der Waals surface area contributed by atoms with Gasteiger partial charge in [0.25, 0.3) is 0 Å². The van der Waals surface area contributed by atoms with Crippen molar-refractivity contribution in [3.63, 3.8) is 0 Å². The predicted octanol–water partition coefficient (Wildman–Crippen LogP) is 2.37. The van der Waals surface area contributed by atoms with E-state index in [2.05, 4.69) is 32.0 Å². The monoisotopic (exact) mass is 508 g/mol. The minimum Gasteiger partial charge on any atom is -0.545 e. The van der Waals surface area contributed by atoms with E-state index in [1.165, 1.54) is 0 Å². The molecule has 0 aliphatic heterocycles. The van der Waals surface area contributed by atoms with Crippen LogP contribution in [0.25, 0.3) is 0 Å². The second-order valence-electron chi connectivity index (χ2n) is 2.33. The van der Waals surface area contributed by atoms with Crippen LogP contribution in [0.3, 0.4) is 0 Å². The molecule has 1 amide bonds. The molecule has 0 unspecified atom stereocenters. The standard InChI is InChI=1S/C7H6.C4H8NO.C2H6.CHO.W.Y/c1-7-5-3-2-4-6-7;1-3-4(6)5-2;2*1-2;;/h3-6H,1H2;1,3H2,2H3,(H,5,6);1-2H3;1H;;/q-2;-1;;-1;;. The first-order chi connectivity index (χ1) is 8.20. The molecule has 107 valence electrons. The van der Waals surface area contributed by atoms with Crippen molar-refractivity contribution in [3.8, 4) is 0 Å². The smallest absolute Gasteiger partial charge is 0.189 e. The summed E-state index contributed by atoms with van der Waals surface area (Å²) in [4.78, 5) is 17.8. The maximum Gasteiger partial charge on any atom is 0.189 e. The quantitative estimate of drug-likeness (QED) is 0.468. The zero-order valence-corrected chi connectivity index (χ0v) is 17.6. The maximum absolute atomic E-state index is 10.0. The first-order valence-electron chi connectivity index (χ1n) is 5.22. The van der Waals surface area contributed by atoms with Crippen LogP contribution in [0.15, 0.2) is 24.3 Å². The van der Waals surface area contributed by atoms with Crippen molar-refractivity contribution in [2.45, 2.75) is 20.3 Å². The van der Waals surface area contributed by atoms with Gasteiger partial charge in [0, 0.05) is 60.8 Å². The summed E-state index contributed by atoms with van der Waals surface area (Å²) in [7, 11) is 1.59.